The zero-order valence-corrected chi connectivity index (χ0v) is 12.6. The largest absolute Gasteiger partial charge is 0.350 e. The molecule has 1 aliphatic rings. The molecule has 3 nitrogen and oxygen atoms in total. The Balaban J connectivity index is 0.00000180. The minimum Gasteiger partial charge on any atom is -0.350 e. The van der Waals surface area contributed by atoms with Crippen molar-refractivity contribution in [3.8, 4) is 0 Å². The molecule has 0 radical (unpaired) electrons. The number of nitrogens with one attached hydrogen (secondary N) is 2. The number of benzene rings is 1. The predicted octanol–water partition coefficient (Wildman–Crippen LogP) is 2.91. The number of carbonyl (C=O) groups excluding carboxylic acids is 1. The fourth-order valence-electron chi connectivity index (χ4n) is 2.45. The Bertz CT molecular complexity index is 431. The van der Waals surface area contributed by atoms with Gasteiger partial charge in [0.25, 0.3) is 0 Å². The lowest BCUT2D eigenvalue weighted by atomic mass is 9.93. The van der Waals surface area contributed by atoms with Crippen molar-refractivity contribution in [2.24, 2.45) is 0 Å². The lowest BCUT2D eigenvalue weighted by Gasteiger charge is -2.26. The van der Waals surface area contributed by atoms with Gasteiger partial charge in [-0.25, -0.2) is 0 Å². The molecule has 1 aliphatic heterocycles. The van der Waals surface area contributed by atoms with E-state index in [9.17, 15) is 4.79 Å². The summed E-state index contributed by atoms with van der Waals surface area (Å²) in [6, 6.07) is 7.59. The predicted molar refractivity (Wildman–Crippen MR) is 80.8 cm³/mol. The van der Waals surface area contributed by atoms with E-state index in [2.05, 4.69) is 10.6 Å². The molecular weight excluding hydrogens is 283 g/mol. The Labute approximate surface area is 125 Å². The summed E-state index contributed by atoms with van der Waals surface area (Å²) in [5.41, 5.74) is 0.582. The third-order valence-corrected chi connectivity index (χ3v) is 4.05. The summed E-state index contributed by atoms with van der Waals surface area (Å²) < 4.78 is 0. The van der Waals surface area contributed by atoms with Crippen LogP contribution in [0.3, 0.4) is 0 Å². The Morgan fingerprint density at radius 1 is 1.47 bits per heavy atom. The topological polar surface area (TPSA) is 41.1 Å². The monoisotopic (exact) mass is 302 g/mol. The maximum Gasteiger partial charge on any atom is 0.240 e. The first-order valence-electron chi connectivity index (χ1n) is 6.45. The van der Waals surface area contributed by atoms with Gasteiger partial charge in [0.05, 0.1) is 5.54 Å². The Morgan fingerprint density at radius 3 is 2.79 bits per heavy atom. The van der Waals surface area contributed by atoms with Crippen LogP contribution in [0.5, 0.6) is 0 Å². The summed E-state index contributed by atoms with van der Waals surface area (Å²) >= 11 is 6.07. The van der Waals surface area contributed by atoms with Gasteiger partial charge in [-0.15, -0.1) is 12.4 Å². The second-order valence-electron chi connectivity index (χ2n) is 4.74. The van der Waals surface area contributed by atoms with Gasteiger partial charge in [0.15, 0.2) is 0 Å². The van der Waals surface area contributed by atoms with Crippen molar-refractivity contribution >= 4 is 29.9 Å². The summed E-state index contributed by atoms with van der Waals surface area (Å²) in [5, 5.41) is 7.01. The third-order valence-electron chi connectivity index (χ3n) is 3.68. The Morgan fingerprint density at radius 2 is 2.21 bits per heavy atom. The maximum absolute atomic E-state index is 12.3. The maximum atomic E-state index is 12.3. The van der Waals surface area contributed by atoms with E-state index < -0.39 is 0 Å². The van der Waals surface area contributed by atoms with Gasteiger partial charge in [-0.05, 0) is 37.4 Å². The van der Waals surface area contributed by atoms with Crippen LogP contribution < -0.4 is 10.6 Å². The van der Waals surface area contributed by atoms with E-state index in [4.69, 9.17) is 11.6 Å². The van der Waals surface area contributed by atoms with Crippen LogP contribution in [-0.2, 0) is 11.3 Å². The van der Waals surface area contributed by atoms with Crippen LogP contribution in [0.4, 0.5) is 0 Å². The summed E-state index contributed by atoms with van der Waals surface area (Å²) in [5.74, 6) is 0.0856. The number of hydrogen-bond donors (Lipinski definition) is 2. The highest BCUT2D eigenvalue weighted by atomic mass is 35.5. The lowest BCUT2D eigenvalue weighted by Crippen LogP contribution is -2.52. The molecular formula is C14H20Cl2N2O. The van der Waals surface area contributed by atoms with Crippen LogP contribution in [0.2, 0.25) is 5.02 Å². The van der Waals surface area contributed by atoms with Gasteiger partial charge in [-0.2, -0.15) is 0 Å². The van der Waals surface area contributed by atoms with E-state index in [0.29, 0.717) is 11.6 Å². The quantitative estimate of drug-likeness (QED) is 0.898. The molecule has 1 saturated heterocycles. The van der Waals surface area contributed by atoms with Gasteiger partial charge < -0.3 is 10.6 Å². The van der Waals surface area contributed by atoms with Crippen LogP contribution in [0, 0.1) is 0 Å². The first kappa shape index (κ1) is 16.3. The molecule has 1 aromatic carbocycles. The van der Waals surface area contributed by atoms with Gasteiger partial charge in [0, 0.05) is 11.6 Å². The summed E-state index contributed by atoms with van der Waals surface area (Å²) in [6.45, 7) is 3.46. The zero-order chi connectivity index (χ0) is 13.0. The standard InChI is InChI=1S/C14H19ClN2O.ClH/c1-2-14(8-5-9-17-14)13(18)16-10-11-6-3-4-7-12(11)15;/h3-4,6-7,17H,2,5,8-10H2,1H3,(H,16,18);1H. The molecule has 0 aromatic heterocycles. The van der Waals surface area contributed by atoms with Crippen molar-refractivity contribution in [1.82, 2.24) is 10.6 Å². The number of carbonyl (C=O) groups is 1. The van der Waals surface area contributed by atoms with Crippen molar-refractivity contribution in [3.63, 3.8) is 0 Å². The third kappa shape index (κ3) is 3.62. The highest BCUT2D eigenvalue weighted by Crippen LogP contribution is 2.23. The Kier molecular flexibility index (Phi) is 6.11. The summed E-state index contributed by atoms with van der Waals surface area (Å²) in [4.78, 5) is 12.3. The molecule has 106 valence electrons. The molecule has 2 rings (SSSR count). The van der Waals surface area contributed by atoms with Crippen molar-refractivity contribution in [3.05, 3.63) is 34.9 Å². The van der Waals surface area contributed by atoms with Gasteiger partial charge in [-0.3, -0.25) is 4.79 Å². The number of amides is 1. The number of rotatable bonds is 4. The van der Waals surface area contributed by atoms with E-state index in [-0.39, 0.29) is 23.9 Å². The Hall–Kier alpha value is -0.770. The van der Waals surface area contributed by atoms with Crippen molar-refractivity contribution in [2.45, 2.75) is 38.3 Å². The molecule has 0 aliphatic carbocycles. The van der Waals surface area contributed by atoms with Crippen LogP contribution in [-0.4, -0.2) is 18.0 Å². The molecule has 1 unspecified atom stereocenters. The van der Waals surface area contributed by atoms with Gasteiger partial charge in [-0.1, -0.05) is 36.7 Å². The highest BCUT2D eigenvalue weighted by Gasteiger charge is 2.38. The molecule has 0 bridgehead atoms. The minimum absolute atomic E-state index is 0. The van der Waals surface area contributed by atoms with E-state index in [1.165, 1.54) is 0 Å². The van der Waals surface area contributed by atoms with Crippen LogP contribution in [0.15, 0.2) is 24.3 Å². The molecule has 1 atom stereocenters. The van der Waals surface area contributed by atoms with Gasteiger partial charge >= 0.3 is 0 Å². The van der Waals surface area contributed by atoms with Crippen LogP contribution >= 0.6 is 24.0 Å². The van der Waals surface area contributed by atoms with Gasteiger partial charge in [0.2, 0.25) is 5.91 Å². The zero-order valence-electron chi connectivity index (χ0n) is 11.0. The fourth-order valence-corrected chi connectivity index (χ4v) is 2.65. The molecule has 0 spiro atoms. The molecule has 1 fully saturated rings. The average Bonchev–Trinajstić information content (AvgIpc) is 2.87. The van der Waals surface area contributed by atoms with E-state index in [1.807, 2.05) is 31.2 Å². The second kappa shape index (κ2) is 7.13. The molecule has 1 aromatic rings. The highest BCUT2D eigenvalue weighted by molar-refractivity contribution is 6.31. The lowest BCUT2D eigenvalue weighted by molar-refractivity contribution is -0.127. The summed E-state index contributed by atoms with van der Waals surface area (Å²) in [6.07, 6.45) is 2.80. The first-order chi connectivity index (χ1) is 8.68. The normalized spacial score (nSPS) is 21.8. The number of halogens is 2. The van der Waals surface area contributed by atoms with Crippen LogP contribution in [0.25, 0.3) is 0 Å². The van der Waals surface area contributed by atoms with Crippen molar-refractivity contribution in [1.29, 1.82) is 0 Å². The molecule has 0 saturated carbocycles. The van der Waals surface area contributed by atoms with Crippen molar-refractivity contribution in [2.75, 3.05) is 6.54 Å². The van der Waals surface area contributed by atoms with Crippen molar-refractivity contribution < 1.29 is 4.79 Å². The van der Waals surface area contributed by atoms with E-state index >= 15 is 0 Å². The van der Waals surface area contributed by atoms with E-state index in [1.54, 1.807) is 0 Å². The molecule has 1 amide bonds. The molecule has 5 heteroatoms. The minimum atomic E-state index is -0.374. The average molecular weight is 303 g/mol. The van der Waals surface area contributed by atoms with E-state index in [0.717, 1.165) is 31.4 Å². The molecule has 2 N–H and O–H groups in total. The second-order valence-corrected chi connectivity index (χ2v) is 5.15. The van der Waals surface area contributed by atoms with Crippen LogP contribution in [0.1, 0.15) is 31.7 Å². The molecule has 19 heavy (non-hydrogen) atoms. The SMILES string of the molecule is CCC1(C(=O)NCc2ccccc2Cl)CCCN1.Cl. The first-order valence-corrected chi connectivity index (χ1v) is 6.82. The summed E-state index contributed by atoms with van der Waals surface area (Å²) in [7, 11) is 0. The smallest absolute Gasteiger partial charge is 0.240 e. The molecule has 1 heterocycles. The van der Waals surface area contributed by atoms with Gasteiger partial charge in [0.1, 0.15) is 0 Å². The number of hydrogen-bond acceptors (Lipinski definition) is 2. The fraction of sp³-hybridized carbons (Fsp3) is 0.500.